The van der Waals surface area contributed by atoms with Gasteiger partial charge in [-0.1, -0.05) is 176 Å². The Labute approximate surface area is 314 Å². The van der Waals surface area contributed by atoms with Crippen molar-refractivity contribution in [2.24, 2.45) is 0 Å². The Morgan fingerprint density at radius 3 is 1.52 bits per heavy atom. The predicted molar refractivity (Wildman–Crippen MR) is 228 cm³/mol. The van der Waals surface area contributed by atoms with E-state index in [4.69, 9.17) is 4.42 Å². The molecule has 0 aliphatic rings. The van der Waals surface area contributed by atoms with E-state index in [-0.39, 0.29) is 0 Å². The lowest BCUT2D eigenvalue weighted by molar-refractivity contribution is 0.669. The summed E-state index contributed by atoms with van der Waals surface area (Å²) in [4.78, 5) is 2.34. The van der Waals surface area contributed by atoms with Crippen molar-refractivity contribution in [3.63, 3.8) is 0 Å². The van der Waals surface area contributed by atoms with Crippen molar-refractivity contribution in [3.8, 4) is 44.5 Å². The van der Waals surface area contributed by atoms with Crippen molar-refractivity contribution in [1.82, 2.24) is 0 Å². The van der Waals surface area contributed by atoms with E-state index in [1.54, 1.807) is 0 Å². The highest BCUT2D eigenvalue weighted by Gasteiger charge is 2.21. The Bertz CT molecular complexity index is 2910. The third kappa shape index (κ3) is 5.53. The molecule has 0 atom stereocenters. The van der Waals surface area contributed by atoms with Gasteiger partial charge < -0.3 is 9.32 Å². The van der Waals surface area contributed by atoms with Crippen LogP contribution in [0.4, 0.5) is 17.1 Å². The molecular weight excluding hydrogens is 655 g/mol. The van der Waals surface area contributed by atoms with Crippen LogP contribution in [0, 0.1) is 0 Å². The molecule has 0 N–H and O–H groups in total. The molecule has 10 aromatic rings. The minimum Gasteiger partial charge on any atom is -0.454 e. The number of fused-ring (bicyclic) bond motifs is 4. The molecule has 10 rings (SSSR count). The van der Waals surface area contributed by atoms with Crippen LogP contribution < -0.4 is 4.90 Å². The van der Waals surface area contributed by atoms with Gasteiger partial charge in [0.05, 0.1) is 5.69 Å². The van der Waals surface area contributed by atoms with Gasteiger partial charge >= 0.3 is 0 Å². The summed E-state index contributed by atoms with van der Waals surface area (Å²) >= 11 is 0. The lowest BCUT2D eigenvalue weighted by Gasteiger charge is -2.27. The van der Waals surface area contributed by atoms with E-state index >= 15 is 0 Å². The maximum absolute atomic E-state index is 6.67. The quantitative estimate of drug-likeness (QED) is 0.166. The molecule has 2 heteroatoms. The summed E-state index contributed by atoms with van der Waals surface area (Å²) in [6.45, 7) is 0. The lowest BCUT2D eigenvalue weighted by atomic mass is 9.91. The molecule has 0 radical (unpaired) electrons. The molecule has 0 aliphatic carbocycles. The SMILES string of the molecule is c1ccc(-c2ccc(N(c3ccc(-c4cccc5cccc(-c6ccccc6)c45)cc3)c3cccc4c3oc3ccccc34)cc2-c2ccccc2)cc1. The number of para-hydroxylation sites is 2. The molecule has 254 valence electrons. The normalized spacial score (nSPS) is 11.3. The molecule has 2 nitrogen and oxygen atoms in total. The zero-order valence-electron chi connectivity index (χ0n) is 29.6. The molecule has 0 amide bonds. The molecule has 1 aromatic heterocycles. The first-order valence-electron chi connectivity index (χ1n) is 18.4. The van der Waals surface area contributed by atoms with Crippen LogP contribution in [0.25, 0.3) is 77.2 Å². The average molecular weight is 690 g/mol. The highest BCUT2D eigenvalue weighted by Crippen LogP contribution is 2.45. The first-order chi connectivity index (χ1) is 26.8. The first-order valence-corrected chi connectivity index (χ1v) is 18.4. The van der Waals surface area contributed by atoms with Gasteiger partial charge in [0.25, 0.3) is 0 Å². The Kier molecular flexibility index (Phi) is 7.85. The smallest absolute Gasteiger partial charge is 0.159 e. The Hall–Kier alpha value is -7.16. The van der Waals surface area contributed by atoms with Crippen molar-refractivity contribution in [3.05, 3.63) is 212 Å². The minimum absolute atomic E-state index is 0.859. The lowest BCUT2D eigenvalue weighted by Crippen LogP contribution is -2.10. The molecule has 9 aromatic carbocycles. The van der Waals surface area contributed by atoms with Gasteiger partial charge in [-0.3, -0.25) is 0 Å². The average Bonchev–Trinajstić information content (AvgIpc) is 3.64. The van der Waals surface area contributed by atoms with Crippen LogP contribution in [0.1, 0.15) is 0 Å². The number of nitrogens with zero attached hydrogens (tertiary/aromatic N) is 1. The summed E-state index contributed by atoms with van der Waals surface area (Å²) < 4.78 is 6.67. The largest absolute Gasteiger partial charge is 0.454 e. The maximum Gasteiger partial charge on any atom is 0.159 e. The fraction of sp³-hybridized carbons (Fsp3) is 0. The van der Waals surface area contributed by atoms with E-state index in [0.717, 1.165) is 39.0 Å². The van der Waals surface area contributed by atoms with Crippen LogP contribution in [0.2, 0.25) is 0 Å². The summed E-state index contributed by atoms with van der Waals surface area (Å²) in [5.74, 6) is 0. The van der Waals surface area contributed by atoms with Crippen LogP contribution in [0.15, 0.2) is 217 Å². The van der Waals surface area contributed by atoms with Gasteiger partial charge in [0.15, 0.2) is 5.58 Å². The Morgan fingerprint density at radius 2 is 0.852 bits per heavy atom. The summed E-state index contributed by atoms with van der Waals surface area (Å²) in [6.07, 6.45) is 0. The zero-order valence-corrected chi connectivity index (χ0v) is 29.6. The topological polar surface area (TPSA) is 16.4 Å². The predicted octanol–water partition coefficient (Wildman–Crippen LogP) is 14.9. The molecule has 0 fully saturated rings. The fourth-order valence-corrected chi connectivity index (χ4v) is 7.96. The van der Waals surface area contributed by atoms with Gasteiger partial charge in [-0.25, -0.2) is 0 Å². The summed E-state index contributed by atoms with van der Waals surface area (Å²) in [5, 5.41) is 4.69. The van der Waals surface area contributed by atoms with Gasteiger partial charge in [-0.2, -0.15) is 0 Å². The van der Waals surface area contributed by atoms with Crippen molar-refractivity contribution >= 4 is 49.8 Å². The van der Waals surface area contributed by atoms with E-state index in [2.05, 4.69) is 205 Å². The molecule has 1 heterocycles. The zero-order chi connectivity index (χ0) is 35.8. The second kappa shape index (κ2) is 13.4. The minimum atomic E-state index is 0.859. The van der Waals surface area contributed by atoms with E-state index in [1.165, 1.54) is 55.3 Å². The third-order valence-electron chi connectivity index (χ3n) is 10.5. The van der Waals surface area contributed by atoms with Crippen LogP contribution in [-0.2, 0) is 0 Å². The van der Waals surface area contributed by atoms with Crippen LogP contribution in [0.5, 0.6) is 0 Å². The number of benzene rings is 9. The van der Waals surface area contributed by atoms with Gasteiger partial charge in [0.2, 0.25) is 0 Å². The van der Waals surface area contributed by atoms with Crippen molar-refractivity contribution in [2.45, 2.75) is 0 Å². The molecule has 0 saturated heterocycles. The summed E-state index contributed by atoms with van der Waals surface area (Å²) in [7, 11) is 0. The first kappa shape index (κ1) is 31.6. The second-order valence-electron chi connectivity index (χ2n) is 13.7. The summed E-state index contributed by atoms with van der Waals surface area (Å²) in [5.41, 5.74) is 14.3. The molecular formula is C52H35NO. The van der Waals surface area contributed by atoms with Crippen molar-refractivity contribution in [2.75, 3.05) is 4.90 Å². The van der Waals surface area contributed by atoms with E-state index < -0.39 is 0 Å². The fourth-order valence-electron chi connectivity index (χ4n) is 7.96. The molecule has 0 aliphatic heterocycles. The highest BCUT2D eigenvalue weighted by atomic mass is 16.3. The van der Waals surface area contributed by atoms with E-state index in [0.29, 0.717) is 0 Å². The Balaban J connectivity index is 1.17. The molecule has 0 saturated carbocycles. The van der Waals surface area contributed by atoms with Crippen LogP contribution >= 0.6 is 0 Å². The van der Waals surface area contributed by atoms with E-state index in [1.807, 2.05) is 12.1 Å². The second-order valence-corrected chi connectivity index (χ2v) is 13.7. The summed E-state index contributed by atoms with van der Waals surface area (Å²) in [6, 6.07) is 75.8. The Morgan fingerprint density at radius 1 is 0.333 bits per heavy atom. The molecule has 0 bridgehead atoms. The number of anilines is 3. The van der Waals surface area contributed by atoms with Gasteiger partial charge in [-0.05, 0) is 91.7 Å². The maximum atomic E-state index is 6.67. The number of furan rings is 1. The highest BCUT2D eigenvalue weighted by molar-refractivity contribution is 6.11. The van der Waals surface area contributed by atoms with Crippen molar-refractivity contribution in [1.29, 1.82) is 0 Å². The van der Waals surface area contributed by atoms with Crippen LogP contribution in [0.3, 0.4) is 0 Å². The molecule has 0 unspecified atom stereocenters. The van der Waals surface area contributed by atoms with Gasteiger partial charge in [0, 0.05) is 22.1 Å². The number of hydrogen-bond donors (Lipinski definition) is 0. The third-order valence-corrected chi connectivity index (χ3v) is 10.5. The van der Waals surface area contributed by atoms with Gasteiger partial charge in [0.1, 0.15) is 5.58 Å². The van der Waals surface area contributed by atoms with Gasteiger partial charge in [-0.15, -0.1) is 0 Å². The standard InChI is InChI=1S/C52H35NO/c1-4-15-36(16-5-1)43-34-33-42(35-48(43)38-19-8-3-9-20-38)53(49-27-14-26-47-46-23-10-11-28-50(46)54-52(47)49)41-31-29-39(30-32-41)45-25-13-22-40-21-12-24-44(51(40)45)37-17-6-2-7-18-37/h1-35H. The number of rotatable bonds is 7. The number of hydrogen-bond acceptors (Lipinski definition) is 2. The molecule has 0 spiro atoms. The van der Waals surface area contributed by atoms with Crippen LogP contribution in [-0.4, -0.2) is 0 Å². The van der Waals surface area contributed by atoms with Crippen molar-refractivity contribution < 1.29 is 4.42 Å². The van der Waals surface area contributed by atoms with E-state index in [9.17, 15) is 0 Å². The molecule has 54 heavy (non-hydrogen) atoms. The monoisotopic (exact) mass is 689 g/mol.